The van der Waals surface area contributed by atoms with Crippen molar-refractivity contribution in [2.45, 2.75) is 39.2 Å². The topological polar surface area (TPSA) is 62.5 Å². The number of nitrogens with one attached hydrogen (secondary N) is 2. The molecule has 2 aromatic rings. The van der Waals surface area contributed by atoms with Crippen LogP contribution in [0.2, 0.25) is 0 Å². The van der Waals surface area contributed by atoms with Crippen LogP contribution in [0.15, 0.2) is 45.9 Å². The van der Waals surface area contributed by atoms with Gasteiger partial charge < -0.3 is 15.1 Å². The number of rotatable bonds is 5. The van der Waals surface area contributed by atoms with Crippen molar-refractivity contribution >= 4 is 5.96 Å². The van der Waals surface area contributed by atoms with Gasteiger partial charge in [0.1, 0.15) is 5.76 Å². The van der Waals surface area contributed by atoms with E-state index < -0.39 is 0 Å². The molecule has 0 saturated heterocycles. The molecule has 0 aliphatic heterocycles. The lowest BCUT2D eigenvalue weighted by molar-refractivity contribution is 0.379. The molecule has 2 rings (SSSR count). The fourth-order valence-corrected chi connectivity index (χ4v) is 2.09. The van der Waals surface area contributed by atoms with Crippen molar-refractivity contribution in [3.05, 3.63) is 53.7 Å². The van der Waals surface area contributed by atoms with Crippen LogP contribution in [0.4, 0.5) is 0 Å². The van der Waals surface area contributed by atoms with Crippen molar-refractivity contribution in [2.75, 3.05) is 13.6 Å². The average molecular weight is 314 g/mol. The Balaban J connectivity index is 1.78. The predicted octanol–water partition coefficient (Wildman–Crippen LogP) is 2.88. The lowest BCUT2D eigenvalue weighted by atomic mass is 9.94. The molecule has 5 heteroatoms. The molecule has 23 heavy (non-hydrogen) atoms. The Kier molecular flexibility index (Phi) is 5.79. The normalized spacial score (nSPS) is 12.3. The van der Waals surface area contributed by atoms with Gasteiger partial charge in [-0.2, -0.15) is 0 Å². The molecule has 2 N–H and O–H groups in total. The summed E-state index contributed by atoms with van der Waals surface area (Å²) in [5, 5.41) is 6.51. The van der Waals surface area contributed by atoms with E-state index in [2.05, 4.69) is 65.6 Å². The maximum absolute atomic E-state index is 5.76. The average Bonchev–Trinajstić information content (AvgIpc) is 3.01. The van der Waals surface area contributed by atoms with Gasteiger partial charge in [-0.3, -0.25) is 4.99 Å². The maximum Gasteiger partial charge on any atom is 0.213 e. The van der Waals surface area contributed by atoms with Crippen LogP contribution in [0.25, 0.3) is 0 Å². The summed E-state index contributed by atoms with van der Waals surface area (Å²) in [6, 6.07) is 10.4. The second kappa shape index (κ2) is 7.81. The molecule has 124 valence electrons. The van der Waals surface area contributed by atoms with E-state index in [-0.39, 0.29) is 5.41 Å². The minimum atomic E-state index is -0.0269. The highest BCUT2D eigenvalue weighted by molar-refractivity contribution is 5.79. The fraction of sp³-hybridized carbons (Fsp3) is 0.444. The molecule has 5 nitrogen and oxygen atoms in total. The van der Waals surface area contributed by atoms with Gasteiger partial charge in [0.15, 0.2) is 5.96 Å². The molecule has 1 aromatic heterocycles. The van der Waals surface area contributed by atoms with Crippen LogP contribution in [0.3, 0.4) is 0 Å². The zero-order valence-electron chi connectivity index (χ0n) is 14.4. The number of benzene rings is 1. The summed E-state index contributed by atoms with van der Waals surface area (Å²) in [6.07, 6.45) is 2.75. The Morgan fingerprint density at radius 1 is 1.17 bits per heavy atom. The zero-order valence-corrected chi connectivity index (χ0v) is 14.4. The smallest absolute Gasteiger partial charge is 0.213 e. The molecule has 0 saturated carbocycles. The summed E-state index contributed by atoms with van der Waals surface area (Å²) >= 11 is 0. The first kappa shape index (κ1) is 17.1. The lowest BCUT2D eigenvalue weighted by Gasteiger charge is -2.13. The van der Waals surface area contributed by atoms with Crippen LogP contribution in [0.5, 0.6) is 0 Å². The van der Waals surface area contributed by atoms with E-state index in [0.29, 0.717) is 12.4 Å². The number of aromatic nitrogens is 1. The minimum Gasteiger partial charge on any atom is -0.443 e. The first-order valence-corrected chi connectivity index (χ1v) is 7.92. The molecule has 0 spiro atoms. The molecule has 0 amide bonds. The van der Waals surface area contributed by atoms with Gasteiger partial charge in [-0.15, -0.1) is 0 Å². The molecule has 0 fully saturated rings. The lowest BCUT2D eigenvalue weighted by Crippen LogP contribution is -2.37. The fourth-order valence-electron chi connectivity index (χ4n) is 2.09. The van der Waals surface area contributed by atoms with Gasteiger partial charge in [-0.25, -0.2) is 4.98 Å². The van der Waals surface area contributed by atoms with E-state index in [1.807, 2.05) is 6.07 Å². The molecule has 0 atom stereocenters. The summed E-state index contributed by atoms with van der Waals surface area (Å²) in [5.41, 5.74) is 1.28. The second-order valence-electron chi connectivity index (χ2n) is 6.46. The third kappa shape index (κ3) is 5.43. The zero-order chi connectivity index (χ0) is 16.7. The van der Waals surface area contributed by atoms with Gasteiger partial charge in [0.05, 0.1) is 12.7 Å². The van der Waals surface area contributed by atoms with E-state index in [1.54, 1.807) is 13.2 Å². The Labute approximate surface area is 138 Å². The van der Waals surface area contributed by atoms with Gasteiger partial charge in [-0.05, 0) is 12.0 Å². The summed E-state index contributed by atoms with van der Waals surface area (Å²) in [6.45, 7) is 7.65. The minimum absolute atomic E-state index is 0.0269. The summed E-state index contributed by atoms with van der Waals surface area (Å²) in [4.78, 5) is 8.52. The quantitative estimate of drug-likeness (QED) is 0.658. The molecule has 0 unspecified atom stereocenters. The highest BCUT2D eigenvalue weighted by Gasteiger charge is 2.19. The SMILES string of the molecule is CN=C(NCCc1ccccc1)NCc1ncc(C(C)(C)C)o1. The molecule has 0 bridgehead atoms. The van der Waals surface area contributed by atoms with Crippen LogP contribution >= 0.6 is 0 Å². The summed E-state index contributed by atoms with van der Waals surface area (Å²) in [7, 11) is 1.76. The Morgan fingerprint density at radius 3 is 2.52 bits per heavy atom. The van der Waals surface area contributed by atoms with Crippen LogP contribution in [0.1, 0.15) is 38.0 Å². The highest BCUT2D eigenvalue weighted by atomic mass is 16.4. The van der Waals surface area contributed by atoms with E-state index in [1.165, 1.54) is 5.56 Å². The monoisotopic (exact) mass is 314 g/mol. The Hall–Kier alpha value is -2.30. The maximum atomic E-state index is 5.76. The number of hydrogen-bond acceptors (Lipinski definition) is 3. The molecule has 1 aromatic carbocycles. The van der Waals surface area contributed by atoms with E-state index >= 15 is 0 Å². The van der Waals surface area contributed by atoms with Gasteiger partial charge in [-0.1, -0.05) is 51.1 Å². The van der Waals surface area contributed by atoms with Gasteiger partial charge in [0.25, 0.3) is 0 Å². The number of nitrogens with zero attached hydrogens (tertiary/aromatic N) is 2. The van der Waals surface area contributed by atoms with Gasteiger partial charge in [0, 0.05) is 19.0 Å². The second-order valence-corrected chi connectivity index (χ2v) is 6.46. The summed E-state index contributed by atoms with van der Waals surface area (Å²) < 4.78 is 5.76. The number of oxazole rings is 1. The van der Waals surface area contributed by atoms with Crippen LogP contribution in [-0.4, -0.2) is 24.5 Å². The summed E-state index contributed by atoms with van der Waals surface area (Å²) in [5.74, 6) is 2.30. The third-order valence-corrected chi connectivity index (χ3v) is 3.47. The molecule has 0 radical (unpaired) electrons. The molecule has 0 aliphatic rings. The Morgan fingerprint density at radius 2 is 1.91 bits per heavy atom. The number of guanidine groups is 1. The molecular weight excluding hydrogens is 288 g/mol. The third-order valence-electron chi connectivity index (χ3n) is 3.47. The molecule has 0 aliphatic carbocycles. The first-order valence-electron chi connectivity index (χ1n) is 7.92. The highest BCUT2D eigenvalue weighted by Crippen LogP contribution is 2.22. The van der Waals surface area contributed by atoms with Crippen molar-refractivity contribution in [1.29, 1.82) is 0 Å². The predicted molar refractivity (Wildman–Crippen MR) is 93.6 cm³/mol. The van der Waals surface area contributed by atoms with Crippen LogP contribution in [0, 0.1) is 0 Å². The van der Waals surface area contributed by atoms with Crippen molar-refractivity contribution < 1.29 is 4.42 Å². The van der Waals surface area contributed by atoms with Gasteiger partial charge >= 0.3 is 0 Å². The largest absolute Gasteiger partial charge is 0.443 e. The van der Waals surface area contributed by atoms with Crippen molar-refractivity contribution in [1.82, 2.24) is 15.6 Å². The number of aliphatic imine (C=N–C) groups is 1. The van der Waals surface area contributed by atoms with Crippen molar-refractivity contribution in [2.24, 2.45) is 4.99 Å². The van der Waals surface area contributed by atoms with Gasteiger partial charge in [0.2, 0.25) is 5.89 Å². The van der Waals surface area contributed by atoms with E-state index in [9.17, 15) is 0 Å². The molecule has 1 heterocycles. The van der Waals surface area contributed by atoms with Crippen molar-refractivity contribution in [3.63, 3.8) is 0 Å². The number of hydrogen-bond donors (Lipinski definition) is 2. The Bertz CT molecular complexity index is 626. The standard InChI is InChI=1S/C18H26N4O/c1-18(2,3)15-12-21-16(23-15)13-22-17(19-4)20-11-10-14-8-6-5-7-9-14/h5-9,12H,10-11,13H2,1-4H3,(H2,19,20,22). The molecular formula is C18H26N4O. The van der Waals surface area contributed by atoms with Crippen molar-refractivity contribution in [3.8, 4) is 0 Å². The van der Waals surface area contributed by atoms with Crippen LogP contribution in [-0.2, 0) is 18.4 Å². The van der Waals surface area contributed by atoms with E-state index in [0.717, 1.165) is 24.7 Å². The van der Waals surface area contributed by atoms with E-state index in [4.69, 9.17) is 4.42 Å². The van der Waals surface area contributed by atoms with Crippen LogP contribution < -0.4 is 10.6 Å². The first-order chi connectivity index (χ1) is 11.0.